The van der Waals surface area contributed by atoms with E-state index >= 15 is 0 Å². The monoisotopic (exact) mass is 379 g/mol. The van der Waals surface area contributed by atoms with E-state index in [0.29, 0.717) is 23.7 Å². The number of fused-ring (bicyclic) bond motifs is 2. The standard InChI is InChI=1S/C21H21N3O4/c1-14-12-23(17-8-4-5-9-18(17)28-14)20(26)10-11-21(27)24-13-19(25)22-15-6-2-3-7-16(15)24/h2-9,14H,10-13H2,1H3,(H,22,25). The molecule has 7 nitrogen and oxygen atoms in total. The Labute approximate surface area is 162 Å². The summed E-state index contributed by atoms with van der Waals surface area (Å²) in [6.07, 6.45) is -0.0126. The molecule has 0 saturated carbocycles. The van der Waals surface area contributed by atoms with Gasteiger partial charge in [-0.15, -0.1) is 0 Å². The lowest BCUT2D eigenvalue weighted by Gasteiger charge is -2.33. The molecule has 0 fully saturated rings. The van der Waals surface area contributed by atoms with Crippen molar-refractivity contribution in [1.82, 2.24) is 0 Å². The van der Waals surface area contributed by atoms with Crippen LogP contribution < -0.4 is 19.9 Å². The molecule has 4 rings (SSSR count). The number of carbonyl (C=O) groups excluding carboxylic acids is 3. The molecule has 2 aliphatic heterocycles. The number of benzene rings is 2. The minimum Gasteiger partial charge on any atom is -0.487 e. The SMILES string of the molecule is CC1CN(C(=O)CCC(=O)N2CC(=O)Nc3ccccc32)c2ccccc2O1. The molecule has 0 saturated heterocycles. The van der Waals surface area contributed by atoms with E-state index in [1.54, 1.807) is 23.1 Å². The van der Waals surface area contributed by atoms with Crippen LogP contribution in [-0.2, 0) is 14.4 Å². The van der Waals surface area contributed by atoms with Gasteiger partial charge in [-0.2, -0.15) is 0 Å². The van der Waals surface area contributed by atoms with Gasteiger partial charge in [-0.25, -0.2) is 0 Å². The van der Waals surface area contributed by atoms with E-state index in [2.05, 4.69) is 5.32 Å². The third kappa shape index (κ3) is 3.43. The first kappa shape index (κ1) is 18.0. The van der Waals surface area contributed by atoms with Crippen LogP contribution in [0.1, 0.15) is 19.8 Å². The van der Waals surface area contributed by atoms with E-state index in [4.69, 9.17) is 4.74 Å². The molecule has 144 valence electrons. The van der Waals surface area contributed by atoms with Crippen molar-refractivity contribution in [2.45, 2.75) is 25.9 Å². The van der Waals surface area contributed by atoms with Gasteiger partial charge in [0, 0.05) is 12.8 Å². The molecule has 2 aromatic carbocycles. The van der Waals surface area contributed by atoms with Crippen molar-refractivity contribution in [1.29, 1.82) is 0 Å². The molecule has 0 bridgehead atoms. The van der Waals surface area contributed by atoms with Crippen LogP contribution in [-0.4, -0.2) is 36.9 Å². The number of rotatable bonds is 3. The first-order valence-corrected chi connectivity index (χ1v) is 9.28. The number of nitrogens with one attached hydrogen (secondary N) is 1. The quantitative estimate of drug-likeness (QED) is 0.889. The summed E-state index contributed by atoms with van der Waals surface area (Å²) in [5, 5.41) is 2.76. The van der Waals surface area contributed by atoms with Gasteiger partial charge in [-0.3, -0.25) is 14.4 Å². The van der Waals surface area contributed by atoms with Crippen LogP contribution in [0.5, 0.6) is 5.75 Å². The van der Waals surface area contributed by atoms with Crippen LogP contribution in [0.3, 0.4) is 0 Å². The number of ether oxygens (including phenoxy) is 1. The maximum Gasteiger partial charge on any atom is 0.244 e. The lowest BCUT2D eigenvalue weighted by atomic mass is 10.1. The second-order valence-electron chi connectivity index (χ2n) is 6.95. The first-order valence-electron chi connectivity index (χ1n) is 9.28. The summed E-state index contributed by atoms with van der Waals surface area (Å²) in [6.45, 7) is 2.31. The second-order valence-corrected chi connectivity index (χ2v) is 6.95. The molecule has 0 aromatic heterocycles. The highest BCUT2D eigenvalue weighted by atomic mass is 16.5. The summed E-state index contributed by atoms with van der Waals surface area (Å²) in [7, 11) is 0. The maximum absolute atomic E-state index is 12.8. The molecule has 2 aliphatic rings. The van der Waals surface area contributed by atoms with Gasteiger partial charge in [0.1, 0.15) is 18.4 Å². The van der Waals surface area contributed by atoms with Gasteiger partial charge < -0.3 is 19.9 Å². The normalized spacial score (nSPS) is 17.9. The Morgan fingerprint density at radius 2 is 1.64 bits per heavy atom. The molecule has 0 radical (unpaired) electrons. The van der Waals surface area contributed by atoms with Gasteiger partial charge in [0.25, 0.3) is 0 Å². The molecule has 1 atom stereocenters. The Morgan fingerprint density at radius 3 is 2.43 bits per heavy atom. The van der Waals surface area contributed by atoms with E-state index in [1.807, 2.05) is 37.3 Å². The number of amides is 3. The van der Waals surface area contributed by atoms with Crippen molar-refractivity contribution in [2.75, 3.05) is 28.2 Å². The van der Waals surface area contributed by atoms with Crippen LogP contribution in [0.25, 0.3) is 0 Å². The smallest absolute Gasteiger partial charge is 0.244 e. The van der Waals surface area contributed by atoms with Crippen molar-refractivity contribution in [3.63, 3.8) is 0 Å². The van der Waals surface area contributed by atoms with E-state index < -0.39 is 0 Å². The van der Waals surface area contributed by atoms with E-state index in [0.717, 1.165) is 5.69 Å². The van der Waals surface area contributed by atoms with Gasteiger partial charge in [0.2, 0.25) is 17.7 Å². The Hall–Kier alpha value is -3.35. The third-order valence-corrected chi connectivity index (χ3v) is 4.85. The summed E-state index contributed by atoms with van der Waals surface area (Å²) in [6, 6.07) is 14.5. The van der Waals surface area contributed by atoms with Gasteiger partial charge in [-0.1, -0.05) is 24.3 Å². The van der Waals surface area contributed by atoms with Crippen LogP contribution in [0.4, 0.5) is 17.1 Å². The molecular formula is C21H21N3O4. The largest absolute Gasteiger partial charge is 0.487 e. The molecule has 1 unspecified atom stereocenters. The number of hydrogen-bond acceptors (Lipinski definition) is 4. The maximum atomic E-state index is 12.8. The predicted octanol–water partition coefficient (Wildman–Crippen LogP) is 2.57. The average Bonchev–Trinajstić information content (AvgIpc) is 2.70. The van der Waals surface area contributed by atoms with Crippen molar-refractivity contribution < 1.29 is 19.1 Å². The van der Waals surface area contributed by atoms with Crippen molar-refractivity contribution in [2.24, 2.45) is 0 Å². The average molecular weight is 379 g/mol. The molecule has 28 heavy (non-hydrogen) atoms. The fraction of sp³-hybridized carbons (Fsp3) is 0.286. The Bertz CT molecular complexity index is 943. The molecule has 7 heteroatoms. The number of anilines is 3. The number of hydrogen-bond donors (Lipinski definition) is 1. The van der Waals surface area contributed by atoms with Crippen molar-refractivity contribution in [3.8, 4) is 5.75 Å². The highest BCUT2D eigenvalue weighted by Crippen LogP contribution is 2.34. The molecule has 3 amide bonds. The predicted molar refractivity (Wildman–Crippen MR) is 106 cm³/mol. The van der Waals surface area contributed by atoms with Crippen LogP contribution >= 0.6 is 0 Å². The third-order valence-electron chi connectivity index (χ3n) is 4.85. The minimum atomic E-state index is -0.245. The first-order chi connectivity index (χ1) is 13.5. The number of carbonyl (C=O) groups is 3. The van der Waals surface area contributed by atoms with Crippen molar-refractivity contribution >= 4 is 34.8 Å². The summed E-state index contributed by atoms with van der Waals surface area (Å²) in [5.74, 6) is 0.0489. The summed E-state index contributed by atoms with van der Waals surface area (Å²) in [5.41, 5.74) is 1.99. The lowest BCUT2D eigenvalue weighted by molar-refractivity contribution is -0.124. The summed E-state index contributed by atoms with van der Waals surface area (Å²) < 4.78 is 5.77. The molecule has 0 aliphatic carbocycles. The Kier molecular flexibility index (Phi) is 4.73. The van der Waals surface area contributed by atoms with Gasteiger partial charge >= 0.3 is 0 Å². The fourth-order valence-electron chi connectivity index (χ4n) is 3.56. The van der Waals surface area contributed by atoms with Crippen LogP contribution in [0, 0.1) is 0 Å². The molecule has 2 heterocycles. The molecular weight excluding hydrogens is 358 g/mol. The van der Waals surface area contributed by atoms with E-state index in [9.17, 15) is 14.4 Å². The van der Waals surface area contributed by atoms with E-state index in [-0.39, 0.29) is 43.2 Å². The Morgan fingerprint density at radius 1 is 1.00 bits per heavy atom. The van der Waals surface area contributed by atoms with E-state index in [1.165, 1.54) is 4.90 Å². The van der Waals surface area contributed by atoms with Gasteiger partial charge in [-0.05, 0) is 31.2 Å². The van der Waals surface area contributed by atoms with Crippen molar-refractivity contribution in [3.05, 3.63) is 48.5 Å². The second kappa shape index (κ2) is 7.34. The zero-order valence-corrected chi connectivity index (χ0v) is 15.6. The molecule has 2 aromatic rings. The van der Waals surface area contributed by atoms with Crippen LogP contribution in [0.2, 0.25) is 0 Å². The van der Waals surface area contributed by atoms with Gasteiger partial charge in [0.05, 0.1) is 23.6 Å². The number of nitrogens with zero attached hydrogens (tertiary/aromatic N) is 2. The lowest BCUT2D eigenvalue weighted by Crippen LogP contribution is -2.44. The van der Waals surface area contributed by atoms with Crippen LogP contribution in [0.15, 0.2) is 48.5 Å². The summed E-state index contributed by atoms with van der Waals surface area (Å²) >= 11 is 0. The zero-order chi connectivity index (χ0) is 19.7. The molecule has 1 N–H and O–H groups in total. The Balaban J connectivity index is 1.46. The topological polar surface area (TPSA) is 79.0 Å². The summed E-state index contributed by atoms with van der Waals surface area (Å²) in [4.78, 5) is 40.6. The zero-order valence-electron chi connectivity index (χ0n) is 15.6. The highest BCUT2D eigenvalue weighted by molar-refractivity contribution is 6.10. The number of para-hydroxylation sites is 4. The fourth-order valence-corrected chi connectivity index (χ4v) is 3.56. The highest BCUT2D eigenvalue weighted by Gasteiger charge is 2.30. The van der Waals surface area contributed by atoms with Gasteiger partial charge in [0.15, 0.2) is 0 Å². The minimum absolute atomic E-state index is 0.0361. The molecule has 0 spiro atoms.